The Balaban J connectivity index is 2.02. The van der Waals surface area contributed by atoms with Crippen molar-refractivity contribution in [3.8, 4) is 5.75 Å². The van der Waals surface area contributed by atoms with E-state index in [0.29, 0.717) is 6.61 Å². The quantitative estimate of drug-likeness (QED) is 0.829. The first-order valence-corrected chi connectivity index (χ1v) is 8.02. The second kappa shape index (κ2) is 7.61. The van der Waals surface area contributed by atoms with Crippen LogP contribution in [0.25, 0.3) is 0 Å². The number of aromatic nitrogens is 2. The number of aryl methyl sites for hydroxylation is 1. The third kappa shape index (κ3) is 4.58. The van der Waals surface area contributed by atoms with E-state index in [1.54, 1.807) is 0 Å². The normalized spacial score (nSPS) is 12.4. The second-order valence-electron chi connectivity index (χ2n) is 5.08. The average Bonchev–Trinajstić information content (AvgIpc) is 2.85. The van der Waals surface area contributed by atoms with Gasteiger partial charge in [0, 0.05) is 35.7 Å². The summed E-state index contributed by atoms with van der Waals surface area (Å²) in [5.41, 5.74) is 2.38. The largest absolute Gasteiger partial charge is 0.493 e. The van der Waals surface area contributed by atoms with Gasteiger partial charge in [0.15, 0.2) is 0 Å². The van der Waals surface area contributed by atoms with E-state index >= 15 is 0 Å². The lowest BCUT2D eigenvalue weighted by Gasteiger charge is -2.18. The highest BCUT2D eigenvalue weighted by atomic mass is 79.9. The minimum absolute atomic E-state index is 0.275. The van der Waals surface area contributed by atoms with Crippen LogP contribution in [0, 0.1) is 0 Å². The molecule has 1 aromatic heterocycles. The molecule has 2 rings (SSSR count). The first-order valence-electron chi connectivity index (χ1n) is 7.23. The van der Waals surface area contributed by atoms with Crippen molar-refractivity contribution in [2.24, 2.45) is 7.05 Å². The summed E-state index contributed by atoms with van der Waals surface area (Å²) >= 11 is 3.51. The molecule has 0 amide bonds. The SMILES string of the molecule is CCNC(C)c1ccc(Br)cc1OCCc1cnn(C)c1. The van der Waals surface area contributed by atoms with Gasteiger partial charge in [0.05, 0.1) is 12.8 Å². The van der Waals surface area contributed by atoms with Gasteiger partial charge < -0.3 is 10.1 Å². The Morgan fingerprint density at radius 3 is 2.90 bits per heavy atom. The zero-order valence-electron chi connectivity index (χ0n) is 12.8. The Labute approximate surface area is 134 Å². The van der Waals surface area contributed by atoms with Crippen molar-refractivity contribution < 1.29 is 4.74 Å². The van der Waals surface area contributed by atoms with Gasteiger partial charge in [0.25, 0.3) is 0 Å². The van der Waals surface area contributed by atoms with Crippen LogP contribution in [0.4, 0.5) is 0 Å². The van der Waals surface area contributed by atoms with Gasteiger partial charge in [0.2, 0.25) is 0 Å². The first kappa shape index (κ1) is 16.0. The van der Waals surface area contributed by atoms with E-state index < -0.39 is 0 Å². The molecule has 1 N–H and O–H groups in total. The van der Waals surface area contributed by atoms with E-state index in [-0.39, 0.29) is 6.04 Å². The van der Waals surface area contributed by atoms with Gasteiger partial charge in [-0.05, 0) is 31.2 Å². The molecule has 0 aliphatic rings. The molecule has 114 valence electrons. The summed E-state index contributed by atoms with van der Waals surface area (Å²) in [7, 11) is 1.93. The number of hydrogen-bond donors (Lipinski definition) is 1. The van der Waals surface area contributed by atoms with E-state index in [0.717, 1.165) is 23.2 Å². The molecule has 0 radical (unpaired) electrons. The van der Waals surface area contributed by atoms with Crippen LogP contribution in [0.15, 0.2) is 35.1 Å². The fourth-order valence-corrected chi connectivity index (χ4v) is 2.63. The molecule has 0 spiro atoms. The van der Waals surface area contributed by atoms with Gasteiger partial charge in [-0.1, -0.05) is 28.9 Å². The molecule has 21 heavy (non-hydrogen) atoms. The number of nitrogens with zero attached hydrogens (tertiary/aromatic N) is 2. The van der Waals surface area contributed by atoms with E-state index in [4.69, 9.17) is 4.74 Å². The molecule has 0 saturated carbocycles. The lowest BCUT2D eigenvalue weighted by molar-refractivity contribution is 0.315. The standard InChI is InChI=1S/C16H22BrN3O/c1-4-18-12(2)15-6-5-14(17)9-16(15)21-8-7-13-10-19-20(3)11-13/h5-6,9-12,18H,4,7-8H2,1-3H3. The fraction of sp³-hybridized carbons (Fsp3) is 0.438. The predicted molar refractivity (Wildman–Crippen MR) is 88.6 cm³/mol. The maximum Gasteiger partial charge on any atom is 0.125 e. The molecule has 1 atom stereocenters. The Morgan fingerprint density at radius 2 is 2.24 bits per heavy atom. The number of benzene rings is 1. The van der Waals surface area contributed by atoms with Crippen molar-refractivity contribution >= 4 is 15.9 Å². The van der Waals surface area contributed by atoms with Crippen molar-refractivity contribution in [1.29, 1.82) is 0 Å². The molecule has 0 bridgehead atoms. The van der Waals surface area contributed by atoms with Gasteiger partial charge in [-0.2, -0.15) is 5.10 Å². The van der Waals surface area contributed by atoms with Crippen LogP contribution in [0.5, 0.6) is 5.75 Å². The van der Waals surface area contributed by atoms with Crippen molar-refractivity contribution in [1.82, 2.24) is 15.1 Å². The van der Waals surface area contributed by atoms with Gasteiger partial charge in [-0.15, -0.1) is 0 Å². The van der Waals surface area contributed by atoms with E-state index in [1.165, 1.54) is 11.1 Å². The van der Waals surface area contributed by atoms with Crippen LogP contribution < -0.4 is 10.1 Å². The average molecular weight is 352 g/mol. The highest BCUT2D eigenvalue weighted by Crippen LogP contribution is 2.28. The Kier molecular flexibility index (Phi) is 5.82. The van der Waals surface area contributed by atoms with Gasteiger partial charge >= 0.3 is 0 Å². The van der Waals surface area contributed by atoms with Crippen molar-refractivity contribution in [2.75, 3.05) is 13.2 Å². The number of rotatable bonds is 7. The van der Waals surface area contributed by atoms with E-state index in [2.05, 4.69) is 52.3 Å². The molecule has 4 nitrogen and oxygen atoms in total. The van der Waals surface area contributed by atoms with E-state index in [9.17, 15) is 0 Å². The number of ether oxygens (including phenoxy) is 1. The Hall–Kier alpha value is -1.33. The van der Waals surface area contributed by atoms with Crippen LogP contribution in [0.3, 0.4) is 0 Å². The first-order chi connectivity index (χ1) is 10.1. The third-order valence-electron chi connectivity index (χ3n) is 3.36. The molecule has 1 heterocycles. The summed E-state index contributed by atoms with van der Waals surface area (Å²) in [5, 5.41) is 7.59. The summed E-state index contributed by atoms with van der Waals surface area (Å²) in [5.74, 6) is 0.932. The highest BCUT2D eigenvalue weighted by molar-refractivity contribution is 9.10. The summed E-state index contributed by atoms with van der Waals surface area (Å²) in [6.07, 6.45) is 4.76. The Morgan fingerprint density at radius 1 is 1.43 bits per heavy atom. The van der Waals surface area contributed by atoms with Crippen LogP contribution in [-0.4, -0.2) is 22.9 Å². The molecule has 0 saturated heterocycles. The summed E-state index contributed by atoms with van der Waals surface area (Å²) < 4.78 is 8.84. The monoisotopic (exact) mass is 351 g/mol. The minimum Gasteiger partial charge on any atom is -0.493 e. The zero-order valence-corrected chi connectivity index (χ0v) is 14.4. The Bertz CT molecular complexity index is 583. The molecule has 0 fully saturated rings. The van der Waals surface area contributed by atoms with Gasteiger partial charge in [0.1, 0.15) is 5.75 Å². The van der Waals surface area contributed by atoms with E-state index in [1.807, 2.05) is 30.2 Å². The molecule has 2 aromatic rings. The zero-order chi connectivity index (χ0) is 15.2. The molecule has 1 aromatic carbocycles. The smallest absolute Gasteiger partial charge is 0.125 e. The maximum absolute atomic E-state index is 5.99. The van der Waals surface area contributed by atoms with Crippen LogP contribution in [0.2, 0.25) is 0 Å². The summed E-state index contributed by atoms with van der Waals surface area (Å²) in [4.78, 5) is 0. The topological polar surface area (TPSA) is 39.1 Å². The fourth-order valence-electron chi connectivity index (χ4n) is 2.29. The minimum atomic E-state index is 0.275. The third-order valence-corrected chi connectivity index (χ3v) is 3.85. The summed E-state index contributed by atoms with van der Waals surface area (Å²) in [6, 6.07) is 6.47. The van der Waals surface area contributed by atoms with Crippen molar-refractivity contribution in [3.63, 3.8) is 0 Å². The number of nitrogens with one attached hydrogen (secondary N) is 1. The predicted octanol–water partition coefficient (Wildman–Crippen LogP) is 3.47. The summed E-state index contributed by atoms with van der Waals surface area (Å²) in [6.45, 7) is 5.85. The lowest BCUT2D eigenvalue weighted by Crippen LogP contribution is -2.18. The van der Waals surface area contributed by atoms with Crippen LogP contribution >= 0.6 is 15.9 Å². The lowest BCUT2D eigenvalue weighted by atomic mass is 10.1. The van der Waals surface area contributed by atoms with Gasteiger partial charge in [-0.25, -0.2) is 0 Å². The van der Waals surface area contributed by atoms with Crippen LogP contribution in [-0.2, 0) is 13.5 Å². The molecule has 1 unspecified atom stereocenters. The van der Waals surface area contributed by atoms with Crippen molar-refractivity contribution in [3.05, 3.63) is 46.2 Å². The maximum atomic E-state index is 5.99. The number of hydrogen-bond acceptors (Lipinski definition) is 3. The van der Waals surface area contributed by atoms with Crippen molar-refractivity contribution in [2.45, 2.75) is 26.3 Å². The molecular weight excluding hydrogens is 330 g/mol. The molecule has 0 aliphatic carbocycles. The van der Waals surface area contributed by atoms with Gasteiger partial charge in [-0.3, -0.25) is 4.68 Å². The second-order valence-corrected chi connectivity index (χ2v) is 6.00. The molecule has 0 aliphatic heterocycles. The molecule has 5 heteroatoms. The van der Waals surface area contributed by atoms with Crippen LogP contribution in [0.1, 0.15) is 31.0 Å². The number of halogens is 1. The highest BCUT2D eigenvalue weighted by Gasteiger charge is 2.11. The molecular formula is C16H22BrN3O.